The van der Waals surface area contributed by atoms with E-state index in [9.17, 15) is 9.59 Å². The summed E-state index contributed by atoms with van der Waals surface area (Å²) < 4.78 is 12.5. The van der Waals surface area contributed by atoms with Crippen molar-refractivity contribution in [3.8, 4) is 0 Å². The summed E-state index contributed by atoms with van der Waals surface area (Å²) in [5.74, 6) is -0.273. The number of hydrogen-bond donors (Lipinski definition) is 2. The number of hydrogen-bond acceptors (Lipinski definition) is 4. The molecule has 0 aliphatic heterocycles. The Morgan fingerprint density at radius 2 is 1.12 bits per heavy atom. The van der Waals surface area contributed by atoms with Crippen molar-refractivity contribution in [1.82, 2.24) is 10.6 Å². The number of allylic oxidation sites excluding steroid dienone is 4. The number of amides is 2. The Morgan fingerprint density at radius 3 is 1.53 bits per heavy atom. The highest BCUT2D eigenvalue weighted by Gasteiger charge is 2.22. The van der Waals surface area contributed by atoms with Crippen molar-refractivity contribution in [3.05, 3.63) is 49.6 Å². The van der Waals surface area contributed by atoms with Crippen LogP contribution in [0.2, 0.25) is 0 Å². The summed E-state index contributed by atoms with van der Waals surface area (Å²) in [6.07, 6.45) is 21.2. The lowest BCUT2D eigenvalue weighted by Gasteiger charge is -2.28. The minimum atomic E-state index is -0.136. The first kappa shape index (κ1) is 27.9. The van der Waals surface area contributed by atoms with E-state index in [0.29, 0.717) is 26.3 Å². The fraction of sp³-hybridized carbons (Fsp3) is 0.615. The quantitative estimate of drug-likeness (QED) is 0.236. The van der Waals surface area contributed by atoms with Gasteiger partial charge in [0.25, 0.3) is 0 Å². The molecule has 6 nitrogen and oxygen atoms in total. The van der Waals surface area contributed by atoms with Gasteiger partial charge < -0.3 is 20.1 Å². The first-order chi connectivity index (χ1) is 15.7. The van der Waals surface area contributed by atoms with Gasteiger partial charge in [-0.25, -0.2) is 0 Å². The van der Waals surface area contributed by atoms with Crippen molar-refractivity contribution >= 4 is 11.8 Å². The predicted molar refractivity (Wildman–Crippen MR) is 130 cm³/mol. The molecule has 0 bridgehead atoms. The second-order valence-electron chi connectivity index (χ2n) is 7.90. The third-order valence-corrected chi connectivity index (χ3v) is 5.26. The van der Waals surface area contributed by atoms with Crippen molar-refractivity contribution in [2.45, 2.75) is 76.4 Å². The summed E-state index contributed by atoms with van der Waals surface area (Å²) in [7, 11) is 0. The molecule has 2 atom stereocenters. The van der Waals surface area contributed by atoms with Crippen LogP contribution in [0.4, 0.5) is 0 Å². The standard InChI is InChI=1S/C26H42N2O4/c1-3-25(29)27-19-13-15-21-31-23-17-11-9-7-5-6-8-10-12-18-24(23)32-22-16-14-20-28-26(30)4-2/h3-4,7-10,23-24H,1-2,5-6,11-22H2,(H,27,29)(H,28,30). The van der Waals surface area contributed by atoms with E-state index in [4.69, 9.17) is 9.47 Å². The molecule has 0 saturated carbocycles. The predicted octanol–water partition coefficient (Wildman–Crippen LogP) is 4.39. The molecule has 1 aliphatic carbocycles. The van der Waals surface area contributed by atoms with Crippen LogP contribution < -0.4 is 10.6 Å². The van der Waals surface area contributed by atoms with Gasteiger partial charge in [0.2, 0.25) is 11.8 Å². The molecule has 0 radical (unpaired) electrons. The molecule has 0 saturated heterocycles. The number of ether oxygens (including phenoxy) is 2. The summed E-state index contributed by atoms with van der Waals surface area (Å²) in [4.78, 5) is 22.4. The van der Waals surface area contributed by atoms with E-state index < -0.39 is 0 Å². The highest BCUT2D eigenvalue weighted by molar-refractivity contribution is 5.87. The molecule has 0 aromatic heterocycles. The zero-order chi connectivity index (χ0) is 23.3. The normalized spacial score (nSPS) is 19.4. The summed E-state index contributed by atoms with van der Waals surface area (Å²) >= 11 is 0. The topological polar surface area (TPSA) is 76.7 Å². The van der Waals surface area contributed by atoms with Crippen molar-refractivity contribution in [2.75, 3.05) is 26.3 Å². The van der Waals surface area contributed by atoms with Crippen molar-refractivity contribution in [1.29, 1.82) is 0 Å². The van der Waals surface area contributed by atoms with Crippen LogP contribution in [0.1, 0.15) is 64.2 Å². The van der Waals surface area contributed by atoms with Crippen LogP contribution in [0.15, 0.2) is 49.6 Å². The van der Waals surface area contributed by atoms with E-state index in [2.05, 4.69) is 48.1 Å². The Kier molecular flexibility index (Phi) is 17.0. The van der Waals surface area contributed by atoms with Crippen LogP contribution in [0.5, 0.6) is 0 Å². The molecule has 1 aliphatic rings. The van der Waals surface area contributed by atoms with Crippen molar-refractivity contribution < 1.29 is 19.1 Å². The van der Waals surface area contributed by atoms with Gasteiger partial charge in [0, 0.05) is 26.3 Å². The molecule has 6 heteroatoms. The molecule has 0 fully saturated rings. The van der Waals surface area contributed by atoms with Gasteiger partial charge in [-0.05, 0) is 76.4 Å². The van der Waals surface area contributed by atoms with Gasteiger partial charge in [-0.3, -0.25) is 9.59 Å². The highest BCUT2D eigenvalue weighted by Crippen LogP contribution is 2.19. The molecule has 2 unspecified atom stereocenters. The van der Waals surface area contributed by atoms with Crippen molar-refractivity contribution in [3.63, 3.8) is 0 Å². The fourth-order valence-corrected chi connectivity index (χ4v) is 3.43. The minimum absolute atomic E-state index is 0.0516. The third-order valence-electron chi connectivity index (χ3n) is 5.26. The fourth-order valence-electron chi connectivity index (χ4n) is 3.43. The third kappa shape index (κ3) is 14.8. The summed E-state index contributed by atoms with van der Waals surface area (Å²) in [6, 6.07) is 0. The van der Waals surface area contributed by atoms with Crippen LogP contribution in [0.25, 0.3) is 0 Å². The lowest BCUT2D eigenvalue weighted by Crippen LogP contribution is -2.33. The van der Waals surface area contributed by atoms with Gasteiger partial charge in [-0.1, -0.05) is 37.5 Å². The van der Waals surface area contributed by atoms with Gasteiger partial charge in [0.1, 0.15) is 0 Å². The average Bonchev–Trinajstić information content (AvgIpc) is 2.80. The van der Waals surface area contributed by atoms with E-state index in [1.54, 1.807) is 0 Å². The number of carbonyl (C=O) groups excluding carboxylic acids is 2. The van der Waals surface area contributed by atoms with E-state index in [-0.39, 0.29) is 24.0 Å². The second kappa shape index (κ2) is 19.5. The molecule has 1 rings (SSSR count). The highest BCUT2D eigenvalue weighted by atomic mass is 16.5. The lowest BCUT2D eigenvalue weighted by molar-refractivity contribution is -0.117. The molecule has 0 aromatic carbocycles. The number of unbranched alkanes of at least 4 members (excludes halogenated alkanes) is 2. The molecule has 32 heavy (non-hydrogen) atoms. The van der Waals surface area contributed by atoms with Crippen LogP contribution in [-0.4, -0.2) is 50.3 Å². The Balaban J connectivity index is 2.48. The second-order valence-corrected chi connectivity index (χ2v) is 7.90. The lowest BCUT2D eigenvalue weighted by atomic mass is 10.0. The summed E-state index contributed by atoms with van der Waals surface area (Å²) in [5.41, 5.74) is 0. The maximum Gasteiger partial charge on any atom is 0.243 e. The van der Waals surface area contributed by atoms with E-state index in [0.717, 1.165) is 64.2 Å². The maximum absolute atomic E-state index is 11.2. The molecule has 180 valence electrons. The number of nitrogens with one attached hydrogen (secondary N) is 2. The molecule has 2 N–H and O–H groups in total. The average molecular weight is 447 g/mol. The molecule has 0 heterocycles. The monoisotopic (exact) mass is 446 g/mol. The van der Waals surface area contributed by atoms with Crippen LogP contribution in [0.3, 0.4) is 0 Å². The zero-order valence-electron chi connectivity index (χ0n) is 19.6. The maximum atomic E-state index is 11.2. The Labute approximate surface area is 194 Å². The Morgan fingerprint density at radius 1 is 0.719 bits per heavy atom. The van der Waals surface area contributed by atoms with Crippen LogP contribution in [0, 0.1) is 0 Å². The Hall–Kier alpha value is -2.18. The zero-order valence-corrected chi connectivity index (χ0v) is 19.6. The molecular weight excluding hydrogens is 404 g/mol. The number of carbonyl (C=O) groups is 2. The summed E-state index contributed by atoms with van der Waals surface area (Å²) in [6.45, 7) is 9.49. The summed E-state index contributed by atoms with van der Waals surface area (Å²) in [5, 5.41) is 5.59. The van der Waals surface area contributed by atoms with Gasteiger partial charge >= 0.3 is 0 Å². The van der Waals surface area contributed by atoms with E-state index in [1.165, 1.54) is 12.2 Å². The van der Waals surface area contributed by atoms with Crippen molar-refractivity contribution in [2.24, 2.45) is 0 Å². The minimum Gasteiger partial charge on any atom is -0.376 e. The van der Waals surface area contributed by atoms with E-state index >= 15 is 0 Å². The molecule has 0 spiro atoms. The van der Waals surface area contributed by atoms with Crippen LogP contribution in [-0.2, 0) is 19.1 Å². The van der Waals surface area contributed by atoms with Gasteiger partial charge in [0.05, 0.1) is 12.2 Å². The first-order valence-corrected chi connectivity index (χ1v) is 12.0. The van der Waals surface area contributed by atoms with Gasteiger partial charge in [-0.2, -0.15) is 0 Å². The largest absolute Gasteiger partial charge is 0.376 e. The molecular formula is C26H42N2O4. The molecule has 2 amide bonds. The Bertz CT molecular complexity index is 549. The van der Waals surface area contributed by atoms with Crippen LogP contribution >= 0.6 is 0 Å². The van der Waals surface area contributed by atoms with E-state index in [1.807, 2.05) is 0 Å². The number of rotatable bonds is 14. The first-order valence-electron chi connectivity index (χ1n) is 12.0. The smallest absolute Gasteiger partial charge is 0.243 e. The SMILES string of the molecule is C=CC(=O)NCCCCOC1CCC=CCCC=CCCC1OCCCCNC(=O)C=C. The molecule has 0 aromatic rings. The van der Waals surface area contributed by atoms with Gasteiger partial charge in [-0.15, -0.1) is 0 Å². The van der Waals surface area contributed by atoms with Gasteiger partial charge in [0.15, 0.2) is 0 Å².